The van der Waals surface area contributed by atoms with Gasteiger partial charge in [0.1, 0.15) is 5.71 Å². The van der Waals surface area contributed by atoms with Crippen LogP contribution >= 0.6 is 0 Å². The number of benzene rings is 1. The van der Waals surface area contributed by atoms with Crippen LogP contribution in [0.1, 0.15) is 38.3 Å². The third-order valence-corrected chi connectivity index (χ3v) is 3.89. The highest BCUT2D eigenvalue weighted by Gasteiger charge is 2.37. The molecule has 4 nitrogen and oxygen atoms in total. The van der Waals surface area contributed by atoms with E-state index >= 15 is 0 Å². The second-order valence-corrected chi connectivity index (χ2v) is 6.21. The van der Waals surface area contributed by atoms with Crippen LogP contribution in [0.3, 0.4) is 0 Å². The molecule has 7 heteroatoms. The molecular formula is C19H23F3N4. The molecule has 1 aromatic carbocycles. The molecule has 0 saturated heterocycles. The Morgan fingerprint density at radius 3 is 2.50 bits per heavy atom. The molecule has 0 amide bonds. The molecule has 1 unspecified atom stereocenters. The summed E-state index contributed by atoms with van der Waals surface area (Å²) in [5.74, 6) is 0.113. The Morgan fingerprint density at radius 2 is 1.96 bits per heavy atom. The van der Waals surface area contributed by atoms with Crippen molar-refractivity contribution in [1.82, 2.24) is 5.32 Å². The van der Waals surface area contributed by atoms with Gasteiger partial charge in [0, 0.05) is 36.0 Å². The van der Waals surface area contributed by atoms with Gasteiger partial charge in [-0.2, -0.15) is 13.2 Å². The minimum atomic E-state index is -4.43. The van der Waals surface area contributed by atoms with Crippen molar-refractivity contribution in [2.45, 2.75) is 39.4 Å². The van der Waals surface area contributed by atoms with Crippen LogP contribution in [0.4, 0.5) is 13.2 Å². The Balaban J connectivity index is 2.00. The highest BCUT2D eigenvalue weighted by molar-refractivity contribution is 6.13. The summed E-state index contributed by atoms with van der Waals surface area (Å²) in [7, 11) is 0. The lowest BCUT2D eigenvalue weighted by molar-refractivity contribution is -0.0592. The maximum Gasteiger partial charge on any atom is 0.431 e. The number of alkyl halides is 3. The average Bonchev–Trinajstić information content (AvgIpc) is 3.05. The van der Waals surface area contributed by atoms with Gasteiger partial charge in [0.2, 0.25) is 0 Å². The van der Waals surface area contributed by atoms with E-state index in [0.717, 1.165) is 29.9 Å². The molecule has 0 saturated carbocycles. The molecule has 140 valence electrons. The first-order valence-corrected chi connectivity index (χ1v) is 8.46. The molecule has 0 radical (unpaired) electrons. The van der Waals surface area contributed by atoms with Gasteiger partial charge in [-0.3, -0.25) is 9.98 Å². The average molecular weight is 364 g/mol. The minimum absolute atomic E-state index is 0.113. The van der Waals surface area contributed by atoms with Crippen LogP contribution in [0.5, 0.6) is 0 Å². The van der Waals surface area contributed by atoms with Crippen molar-refractivity contribution in [2.24, 2.45) is 15.0 Å². The van der Waals surface area contributed by atoms with Gasteiger partial charge in [0.15, 0.2) is 5.84 Å². The van der Waals surface area contributed by atoms with Crippen LogP contribution in [-0.4, -0.2) is 42.6 Å². The summed E-state index contributed by atoms with van der Waals surface area (Å²) in [6, 6.07) is 7.19. The number of halogens is 3. The van der Waals surface area contributed by atoms with E-state index in [0.29, 0.717) is 5.56 Å². The minimum Gasteiger partial charge on any atom is -0.382 e. The van der Waals surface area contributed by atoms with Crippen LogP contribution in [0, 0.1) is 0 Å². The number of hydrogen-bond donors (Lipinski definition) is 1. The number of amidine groups is 1. The van der Waals surface area contributed by atoms with E-state index in [1.54, 1.807) is 24.3 Å². The summed E-state index contributed by atoms with van der Waals surface area (Å²) < 4.78 is 37.9. The Hall–Kier alpha value is -2.44. The van der Waals surface area contributed by atoms with E-state index in [-0.39, 0.29) is 11.9 Å². The zero-order valence-electron chi connectivity index (χ0n) is 15.2. The number of nitrogens with one attached hydrogen (secondary N) is 1. The summed E-state index contributed by atoms with van der Waals surface area (Å²) in [6.45, 7) is 10.4. The normalized spacial score (nSPS) is 16.2. The Morgan fingerprint density at radius 1 is 1.31 bits per heavy atom. The number of rotatable bonds is 7. The summed E-state index contributed by atoms with van der Waals surface area (Å²) in [4.78, 5) is 11.8. The molecular weight excluding hydrogens is 341 g/mol. The maximum atomic E-state index is 12.6. The zero-order chi connectivity index (χ0) is 19.3. The number of aliphatic imine (C=N–C) groups is 3. The molecule has 0 fully saturated rings. The van der Waals surface area contributed by atoms with Crippen LogP contribution in [0.15, 0.2) is 45.8 Å². The summed E-state index contributed by atoms with van der Waals surface area (Å²) in [6.07, 6.45) is -3.62. The molecule has 1 aliphatic heterocycles. The van der Waals surface area contributed by atoms with Gasteiger partial charge in [0.25, 0.3) is 0 Å². The first-order valence-electron chi connectivity index (χ1n) is 8.46. The maximum absolute atomic E-state index is 12.6. The van der Waals surface area contributed by atoms with Crippen LogP contribution in [0.2, 0.25) is 0 Å². The van der Waals surface area contributed by atoms with Gasteiger partial charge in [-0.25, -0.2) is 4.99 Å². The van der Waals surface area contributed by atoms with Crippen molar-refractivity contribution < 1.29 is 13.2 Å². The third kappa shape index (κ3) is 5.28. The summed E-state index contributed by atoms with van der Waals surface area (Å²) in [5.41, 5.74) is 2.39. The third-order valence-electron chi connectivity index (χ3n) is 3.89. The smallest absolute Gasteiger partial charge is 0.382 e. The second kappa shape index (κ2) is 8.29. The lowest BCUT2D eigenvalue weighted by Gasteiger charge is -2.17. The van der Waals surface area contributed by atoms with Crippen molar-refractivity contribution >= 4 is 23.0 Å². The molecule has 0 spiro atoms. The molecule has 26 heavy (non-hydrogen) atoms. The first kappa shape index (κ1) is 19.9. The summed E-state index contributed by atoms with van der Waals surface area (Å²) in [5, 5.41) is 3.32. The fourth-order valence-corrected chi connectivity index (χ4v) is 2.69. The lowest BCUT2D eigenvalue weighted by atomic mass is 10.1. The molecule has 1 aromatic rings. The van der Waals surface area contributed by atoms with E-state index in [2.05, 4.69) is 33.8 Å². The van der Waals surface area contributed by atoms with Crippen molar-refractivity contribution in [1.29, 1.82) is 0 Å². The van der Waals surface area contributed by atoms with Gasteiger partial charge < -0.3 is 5.32 Å². The van der Waals surface area contributed by atoms with Crippen LogP contribution in [0.25, 0.3) is 5.70 Å². The van der Waals surface area contributed by atoms with Crippen LogP contribution in [-0.2, 0) is 0 Å². The zero-order valence-corrected chi connectivity index (χ0v) is 15.2. The van der Waals surface area contributed by atoms with Crippen molar-refractivity contribution in [2.75, 3.05) is 13.1 Å². The highest BCUT2D eigenvalue weighted by atomic mass is 19.4. The van der Waals surface area contributed by atoms with Crippen LogP contribution < -0.4 is 5.32 Å². The van der Waals surface area contributed by atoms with Crippen molar-refractivity contribution in [3.05, 3.63) is 42.0 Å². The van der Waals surface area contributed by atoms with E-state index in [4.69, 9.17) is 0 Å². The van der Waals surface area contributed by atoms with Crippen molar-refractivity contribution in [3.63, 3.8) is 0 Å². The predicted molar refractivity (Wildman–Crippen MR) is 101 cm³/mol. The van der Waals surface area contributed by atoms with E-state index < -0.39 is 18.4 Å². The fraction of sp³-hybridized carbons (Fsp3) is 0.421. The monoisotopic (exact) mass is 364 g/mol. The second-order valence-electron chi connectivity index (χ2n) is 6.21. The van der Waals surface area contributed by atoms with E-state index in [1.165, 1.54) is 0 Å². The Kier molecular flexibility index (Phi) is 6.34. The van der Waals surface area contributed by atoms with Gasteiger partial charge in [-0.1, -0.05) is 30.8 Å². The fourth-order valence-electron chi connectivity index (χ4n) is 2.69. The molecule has 1 heterocycles. The topological polar surface area (TPSA) is 49.1 Å². The molecule has 2 rings (SSSR count). The first-order chi connectivity index (χ1) is 12.2. The quantitative estimate of drug-likeness (QED) is 0.722. The Labute approximate surface area is 151 Å². The number of nitrogens with zero attached hydrogens (tertiary/aromatic N) is 3. The highest BCUT2D eigenvalue weighted by Crippen LogP contribution is 2.22. The largest absolute Gasteiger partial charge is 0.431 e. The van der Waals surface area contributed by atoms with E-state index in [1.807, 2.05) is 13.8 Å². The van der Waals surface area contributed by atoms with E-state index in [9.17, 15) is 13.2 Å². The standard InChI is InChI=1S/C19H23F3N4/c1-5-23-12(2)10-13(3)25-14(4)15-6-8-16(9-7-15)18-24-11-17(26-18)19(20,21)22/h6-9,13,25H,4-5,10-11H2,1-3H3/b23-12+. The number of hydrogen-bond acceptors (Lipinski definition) is 4. The molecule has 1 aliphatic rings. The molecule has 0 bridgehead atoms. The van der Waals surface area contributed by atoms with Gasteiger partial charge in [-0.05, 0) is 26.3 Å². The lowest BCUT2D eigenvalue weighted by Crippen LogP contribution is -2.26. The SMILES string of the molecule is C=C(NC(C)C/C(C)=N/CC)c1ccc(C2=NCC(C(F)(F)F)=N2)cc1. The van der Waals surface area contributed by atoms with Crippen molar-refractivity contribution in [3.8, 4) is 0 Å². The van der Waals surface area contributed by atoms with Gasteiger partial charge in [0.05, 0.1) is 6.54 Å². The van der Waals surface area contributed by atoms with Gasteiger partial charge >= 0.3 is 6.18 Å². The molecule has 1 atom stereocenters. The molecule has 0 aromatic heterocycles. The summed E-state index contributed by atoms with van der Waals surface area (Å²) >= 11 is 0. The molecule has 1 N–H and O–H groups in total. The molecule has 0 aliphatic carbocycles. The predicted octanol–water partition coefficient (Wildman–Crippen LogP) is 4.27. The Bertz CT molecular complexity index is 743. The van der Waals surface area contributed by atoms with Gasteiger partial charge in [-0.15, -0.1) is 0 Å².